The second-order valence-electron chi connectivity index (χ2n) is 4.69. The van der Waals surface area contributed by atoms with Crippen LogP contribution in [0.25, 0.3) is 0 Å². The molecule has 0 unspecified atom stereocenters. The summed E-state index contributed by atoms with van der Waals surface area (Å²) < 4.78 is 0. The van der Waals surface area contributed by atoms with E-state index < -0.39 is 0 Å². The topological polar surface area (TPSA) is 0 Å². The highest BCUT2D eigenvalue weighted by Crippen LogP contribution is 2.36. The van der Waals surface area contributed by atoms with Gasteiger partial charge in [0.2, 0.25) is 0 Å². The molecule has 1 heteroatoms. The van der Waals surface area contributed by atoms with Crippen LogP contribution in [-0.4, -0.2) is 0 Å². The van der Waals surface area contributed by atoms with Crippen LogP contribution in [0.1, 0.15) is 37.5 Å². The molecule has 0 radical (unpaired) electrons. The van der Waals surface area contributed by atoms with E-state index in [0.29, 0.717) is 5.41 Å². The van der Waals surface area contributed by atoms with E-state index in [1.807, 2.05) is 11.8 Å². The Morgan fingerprint density at radius 1 is 1.15 bits per heavy atom. The minimum absolute atomic E-state index is 0.302. The molecule has 0 aromatic heterocycles. The van der Waals surface area contributed by atoms with Gasteiger partial charge in [-0.3, -0.25) is 0 Å². The first kappa shape index (κ1) is 9.14. The molecule has 70 valence electrons. The maximum atomic E-state index is 2.30. The number of thioether (sulfide) groups is 1. The van der Waals surface area contributed by atoms with Crippen molar-refractivity contribution >= 4 is 11.8 Å². The third-order valence-corrected chi connectivity index (χ3v) is 3.59. The lowest BCUT2D eigenvalue weighted by atomic mass is 9.83. The number of hydrogen-bond acceptors (Lipinski definition) is 1. The third kappa shape index (κ3) is 1.62. The van der Waals surface area contributed by atoms with Crippen molar-refractivity contribution in [3.63, 3.8) is 0 Å². The van der Waals surface area contributed by atoms with Crippen molar-refractivity contribution in [3.8, 4) is 0 Å². The number of fused-ring (bicyclic) bond motifs is 1. The molecule has 0 aliphatic carbocycles. The molecule has 1 aliphatic heterocycles. The summed E-state index contributed by atoms with van der Waals surface area (Å²) in [6.07, 6.45) is 0. The second kappa shape index (κ2) is 3.06. The molecule has 0 atom stereocenters. The fourth-order valence-corrected chi connectivity index (χ4v) is 3.04. The van der Waals surface area contributed by atoms with Crippen LogP contribution in [0.5, 0.6) is 0 Å². The van der Waals surface area contributed by atoms with Crippen LogP contribution in [0.3, 0.4) is 0 Å². The van der Waals surface area contributed by atoms with Gasteiger partial charge >= 0.3 is 0 Å². The SMILES string of the molecule is CC(C)(C)c1cccc2c1CSC2. The molecule has 0 fully saturated rings. The highest BCUT2D eigenvalue weighted by molar-refractivity contribution is 7.98. The van der Waals surface area contributed by atoms with Gasteiger partial charge in [0, 0.05) is 11.5 Å². The summed E-state index contributed by atoms with van der Waals surface area (Å²) >= 11 is 2.03. The van der Waals surface area contributed by atoms with Gasteiger partial charge in [-0.2, -0.15) is 11.8 Å². The molecule has 0 nitrogen and oxygen atoms in total. The zero-order valence-corrected chi connectivity index (χ0v) is 9.37. The van der Waals surface area contributed by atoms with Gasteiger partial charge in [-0.15, -0.1) is 0 Å². The monoisotopic (exact) mass is 192 g/mol. The molecule has 2 rings (SSSR count). The minimum atomic E-state index is 0.302. The van der Waals surface area contributed by atoms with Gasteiger partial charge in [0.1, 0.15) is 0 Å². The first-order valence-electron chi connectivity index (χ1n) is 4.78. The highest BCUT2D eigenvalue weighted by Gasteiger charge is 2.22. The summed E-state index contributed by atoms with van der Waals surface area (Å²) in [6, 6.07) is 6.75. The molecule has 0 saturated heterocycles. The summed E-state index contributed by atoms with van der Waals surface area (Å²) in [5.41, 5.74) is 4.99. The highest BCUT2D eigenvalue weighted by atomic mass is 32.2. The van der Waals surface area contributed by atoms with Gasteiger partial charge < -0.3 is 0 Å². The van der Waals surface area contributed by atoms with Crippen LogP contribution in [-0.2, 0) is 16.9 Å². The second-order valence-corrected chi connectivity index (χ2v) is 5.67. The molecular formula is C12H16S. The Morgan fingerprint density at radius 3 is 2.62 bits per heavy atom. The van der Waals surface area contributed by atoms with E-state index >= 15 is 0 Å². The fourth-order valence-electron chi connectivity index (χ4n) is 1.91. The third-order valence-electron chi connectivity index (χ3n) is 2.59. The van der Waals surface area contributed by atoms with Crippen LogP contribution in [0.2, 0.25) is 0 Å². The summed E-state index contributed by atoms with van der Waals surface area (Å²) in [6.45, 7) is 6.89. The zero-order chi connectivity index (χ0) is 9.47. The van der Waals surface area contributed by atoms with E-state index in [1.54, 1.807) is 11.1 Å². The maximum Gasteiger partial charge on any atom is 0.0193 e. The van der Waals surface area contributed by atoms with Crippen molar-refractivity contribution in [1.82, 2.24) is 0 Å². The van der Waals surface area contributed by atoms with Crippen molar-refractivity contribution < 1.29 is 0 Å². The minimum Gasteiger partial charge on any atom is -0.152 e. The normalized spacial score (nSPS) is 15.9. The Kier molecular flexibility index (Phi) is 2.15. The van der Waals surface area contributed by atoms with Crippen LogP contribution in [0.15, 0.2) is 18.2 Å². The van der Waals surface area contributed by atoms with Gasteiger partial charge in [0.15, 0.2) is 0 Å². The molecule has 13 heavy (non-hydrogen) atoms. The molecule has 0 amide bonds. The molecule has 1 aromatic carbocycles. The Morgan fingerprint density at radius 2 is 1.92 bits per heavy atom. The summed E-state index contributed by atoms with van der Waals surface area (Å²) in [5, 5.41) is 0. The Hall–Kier alpha value is -0.430. The largest absolute Gasteiger partial charge is 0.152 e. The summed E-state index contributed by atoms with van der Waals surface area (Å²) in [5.74, 6) is 2.42. The Bertz CT molecular complexity index is 320. The smallest absolute Gasteiger partial charge is 0.0193 e. The molecule has 0 spiro atoms. The van der Waals surface area contributed by atoms with Crippen LogP contribution < -0.4 is 0 Å². The van der Waals surface area contributed by atoms with Crippen LogP contribution in [0.4, 0.5) is 0 Å². The van der Waals surface area contributed by atoms with E-state index in [0.717, 1.165) is 0 Å². The van der Waals surface area contributed by atoms with E-state index in [2.05, 4.69) is 39.0 Å². The standard InChI is InChI=1S/C12H16S/c1-12(2,3)11-6-4-5-9-7-13-8-10(9)11/h4-6H,7-8H2,1-3H3. The van der Waals surface area contributed by atoms with Crippen LogP contribution >= 0.6 is 11.8 Å². The van der Waals surface area contributed by atoms with E-state index in [9.17, 15) is 0 Å². The van der Waals surface area contributed by atoms with Gasteiger partial charge in [-0.05, 0) is 22.1 Å². The molecule has 1 aromatic rings. The number of hydrogen-bond donors (Lipinski definition) is 0. The van der Waals surface area contributed by atoms with Crippen molar-refractivity contribution in [3.05, 3.63) is 34.9 Å². The van der Waals surface area contributed by atoms with Gasteiger partial charge in [-0.1, -0.05) is 39.0 Å². The molecule has 1 aliphatic rings. The zero-order valence-electron chi connectivity index (χ0n) is 8.55. The average Bonchev–Trinajstić information content (AvgIpc) is 2.48. The van der Waals surface area contributed by atoms with E-state index in [1.165, 1.54) is 17.1 Å². The van der Waals surface area contributed by atoms with Gasteiger partial charge in [0.25, 0.3) is 0 Å². The summed E-state index contributed by atoms with van der Waals surface area (Å²) in [4.78, 5) is 0. The lowest BCUT2D eigenvalue weighted by Crippen LogP contribution is -2.13. The first-order chi connectivity index (χ1) is 6.09. The quantitative estimate of drug-likeness (QED) is 0.603. The maximum absolute atomic E-state index is 2.30. The number of rotatable bonds is 0. The van der Waals surface area contributed by atoms with Gasteiger partial charge in [0.05, 0.1) is 0 Å². The molecular weight excluding hydrogens is 176 g/mol. The van der Waals surface area contributed by atoms with E-state index in [4.69, 9.17) is 0 Å². The van der Waals surface area contributed by atoms with Crippen molar-refractivity contribution in [1.29, 1.82) is 0 Å². The molecule has 1 heterocycles. The summed E-state index contributed by atoms with van der Waals surface area (Å²) in [7, 11) is 0. The Labute approximate surface area is 84.7 Å². The molecule has 0 bridgehead atoms. The lowest BCUT2D eigenvalue weighted by molar-refractivity contribution is 0.585. The van der Waals surface area contributed by atoms with Crippen molar-refractivity contribution in [2.45, 2.75) is 37.7 Å². The predicted molar refractivity (Wildman–Crippen MR) is 60.1 cm³/mol. The van der Waals surface area contributed by atoms with Crippen molar-refractivity contribution in [2.75, 3.05) is 0 Å². The fraction of sp³-hybridized carbons (Fsp3) is 0.500. The lowest BCUT2D eigenvalue weighted by Gasteiger charge is -2.22. The average molecular weight is 192 g/mol. The van der Waals surface area contributed by atoms with E-state index in [-0.39, 0.29) is 0 Å². The van der Waals surface area contributed by atoms with Crippen LogP contribution in [0, 0.1) is 0 Å². The predicted octanol–water partition coefficient (Wildman–Crippen LogP) is 3.73. The van der Waals surface area contributed by atoms with Gasteiger partial charge in [-0.25, -0.2) is 0 Å². The molecule has 0 N–H and O–H groups in total. The Balaban J connectivity index is 2.54. The van der Waals surface area contributed by atoms with Crippen molar-refractivity contribution in [2.24, 2.45) is 0 Å². The molecule has 0 saturated carbocycles. The first-order valence-corrected chi connectivity index (χ1v) is 5.93. The number of benzene rings is 1.